The summed E-state index contributed by atoms with van der Waals surface area (Å²) in [6.45, 7) is 2.00. The molecular formula is C17H19N5. The molecule has 0 bridgehead atoms. The molecule has 4 N–H and O–H groups in total. The molecule has 1 aromatic heterocycles. The van der Waals surface area contributed by atoms with Crippen LogP contribution in [0.15, 0.2) is 52.7 Å². The van der Waals surface area contributed by atoms with Gasteiger partial charge in [-0.1, -0.05) is 30.3 Å². The van der Waals surface area contributed by atoms with Crippen LogP contribution in [0.25, 0.3) is 0 Å². The van der Waals surface area contributed by atoms with Crippen LogP contribution < -0.4 is 11.5 Å². The Kier molecular flexibility index (Phi) is 3.87. The first-order valence-electron chi connectivity index (χ1n) is 7.31. The Balaban J connectivity index is 2.04. The van der Waals surface area contributed by atoms with Gasteiger partial charge in [0.05, 0.1) is 11.4 Å². The number of nitrogens with two attached hydrogens (primary N) is 2. The fourth-order valence-electron chi connectivity index (χ4n) is 2.85. The zero-order chi connectivity index (χ0) is 15.5. The summed E-state index contributed by atoms with van der Waals surface area (Å²) in [6, 6.07) is 14.5. The predicted octanol–water partition coefficient (Wildman–Crippen LogP) is 2.10. The minimum absolute atomic E-state index is 0.0315. The van der Waals surface area contributed by atoms with E-state index < -0.39 is 0 Å². The van der Waals surface area contributed by atoms with Crippen LogP contribution >= 0.6 is 0 Å². The fourth-order valence-corrected chi connectivity index (χ4v) is 2.85. The van der Waals surface area contributed by atoms with Gasteiger partial charge in [0.25, 0.3) is 0 Å². The molecule has 1 aliphatic rings. The molecule has 3 rings (SSSR count). The van der Waals surface area contributed by atoms with Crippen LogP contribution in [-0.4, -0.2) is 16.7 Å². The summed E-state index contributed by atoms with van der Waals surface area (Å²) in [5.74, 6) is 0.312. The van der Waals surface area contributed by atoms with Crippen molar-refractivity contribution in [2.45, 2.75) is 25.7 Å². The number of pyridine rings is 1. The van der Waals surface area contributed by atoms with Crippen LogP contribution in [0.4, 0.5) is 0 Å². The van der Waals surface area contributed by atoms with E-state index in [9.17, 15) is 0 Å². The topological polar surface area (TPSA) is 89.6 Å². The molecule has 1 unspecified atom stereocenters. The van der Waals surface area contributed by atoms with Crippen molar-refractivity contribution in [3.05, 3.63) is 65.0 Å². The lowest BCUT2D eigenvalue weighted by atomic mass is 9.81. The number of benzene rings is 1. The molecule has 0 saturated heterocycles. The van der Waals surface area contributed by atoms with Crippen LogP contribution in [0.2, 0.25) is 0 Å². The van der Waals surface area contributed by atoms with E-state index in [0.717, 1.165) is 35.5 Å². The normalized spacial score (nSPS) is 18.8. The first kappa shape index (κ1) is 14.3. The van der Waals surface area contributed by atoms with Gasteiger partial charge in [-0.3, -0.25) is 4.98 Å². The summed E-state index contributed by atoms with van der Waals surface area (Å²) in [7, 11) is 0. The molecular weight excluding hydrogens is 274 g/mol. The molecule has 0 spiro atoms. The summed E-state index contributed by atoms with van der Waals surface area (Å²) in [6.07, 6.45) is 1.71. The van der Waals surface area contributed by atoms with E-state index in [1.165, 1.54) is 5.56 Å². The van der Waals surface area contributed by atoms with Gasteiger partial charge in [0, 0.05) is 11.3 Å². The Morgan fingerprint density at radius 1 is 1.09 bits per heavy atom. The van der Waals surface area contributed by atoms with Gasteiger partial charge in [0.2, 0.25) is 5.96 Å². The number of guanidine groups is 1. The van der Waals surface area contributed by atoms with Crippen LogP contribution in [0, 0.1) is 6.92 Å². The number of fused-ring (bicyclic) bond motifs is 1. The van der Waals surface area contributed by atoms with Gasteiger partial charge in [-0.2, -0.15) is 5.10 Å². The maximum absolute atomic E-state index is 5.40. The number of rotatable bonds is 2. The minimum Gasteiger partial charge on any atom is -0.369 e. The molecule has 112 valence electrons. The van der Waals surface area contributed by atoms with Gasteiger partial charge in [0.1, 0.15) is 0 Å². The molecule has 2 aromatic rings. The standard InChI is InChI=1S/C17H19N5/c1-11-7-8-14-15(20-11)9-13(12-5-3-2-4-6-12)10-16(14)21-22-17(18)19/h2-8,13H,9-10H2,1H3,(H4,18,19,22)/b21-16+. The van der Waals surface area contributed by atoms with Gasteiger partial charge in [0.15, 0.2) is 0 Å². The average molecular weight is 293 g/mol. The van der Waals surface area contributed by atoms with Crippen molar-refractivity contribution in [2.24, 2.45) is 21.7 Å². The monoisotopic (exact) mass is 293 g/mol. The van der Waals surface area contributed by atoms with Gasteiger partial charge in [-0.25, -0.2) is 0 Å². The molecule has 1 atom stereocenters. The van der Waals surface area contributed by atoms with Crippen LogP contribution in [0.5, 0.6) is 0 Å². The molecule has 5 heteroatoms. The van der Waals surface area contributed by atoms with Crippen LogP contribution in [0.3, 0.4) is 0 Å². The van der Waals surface area contributed by atoms with E-state index in [1.54, 1.807) is 0 Å². The van der Waals surface area contributed by atoms with Gasteiger partial charge in [-0.05, 0) is 43.4 Å². The number of aromatic nitrogens is 1. The first-order valence-corrected chi connectivity index (χ1v) is 7.31. The molecule has 0 fully saturated rings. The molecule has 0 aliphatic heterocycles. The highest BCUT2D eigenvalue weighted by atomic mass is 15.3. The maximum Gasteiger partial charge on any atom is 0.211 e. The largest absolute Gasteiger partial charge is 0.369 e. The molecule has 1 aromatic carbocycles. The van der Waals surface area contributed by atoms with E-state index >= 15 is 0 Å². The summed E-state index contributed by atoms with van der Waals surface area (Å²) >= 11 is 0. The van der Waals surface area contributed by atoms with E-state index in [2.05, 4.69) is 45.5 Å². The average Bonchev–Trinajstić information content (AvgIpc) is 2.52. The lowest BCUT2D eigenvalue weighted by Gasteiger charge is -2.25. The number of aryl methyl sites for hydroxylation is 1. The van der Waals surface area contributed by atoms with Crippen LogP contribution in [0.1, 0.15) is 34.9 Å². The zero-order valence-corrected chi connectivity index (χ0v) is 12.5. The summed E-state index contributed by atoms with van der Waals surface area (Å²) in [5, 5.41) is 8.07. The Bertz CT molecular complexity index is 730. The molecule has 0 amide bonds. The van der Waals surface area contributed by atoms with Gasteiger partial charge >= 0.3 is 0 Å². The lowest BCUT2D eigenvalue weighted by molar-refractivity contribution is 0.676. The second kappa shape index (κ2) is 5.97. The number of hydrogen-bond acceptors (Lipinski definition) is 3. The first-order chi connectivity index (χ1) is 10.6. The van der Waals surface area contributed by atoms with Gasteiger partial charge < -0.3 is 11.5 Å². The molecule has 0 saturated carbocycles. The van der Waals surface area contributed by atoms with E-state index in [4.69, 9.17) is 11.5 Å². The van der Waals surface area contributed by atoms with Crippen molar-refractivity contribution < 1.29 is 0 Å². The summed E-state index contributed by atoms with van der Waals surface area (Å²) in [5.41, 5.74) is 16.1. The van der Waals surface area contributed by atoms with Crippen molar-refractivity contribution >= 4 is 11.7 Å². The third-order valence-electron chi connectivity index (χ3n) is 3.86. The molecule has 1 aliphatic carbocycles. The number of nitrogens with zero attached hydrogens (tertiary/aromatic N) is 3. The predicted molar refractivity (Wildman–Crippen MR) is 88.8 cm³/mol. The zero-order valence-electron chi connectivity index (χ0n) is 12.5. The maximum atomic E-state index is 5.40. The highest BCUT2D eigenvalue weighted by molar-refractivity contribution is 6.03. The highest BCUT2D eigenvalue weighted by Gasteiger charge is 2.26. The Hall–Kier alpha value is -2.69. The second-order valence-corrected chi connectivity index (χ2v) is 5.53. The van der Waals surface area contributed by atoms with Crippen molar-refractivity contribution in [3.63, 3.8) is 0 Å². The van der Waals surface area contributed by atoms with Crippen molar-refractivity contribution in [2.75, 3.05) is 0 Å². The third-order valence-corrected chi connectivity index (χ3v) is 3.86. The molecule has 22 heavy (non-hydrogen) atoms. The third kappa shape index (κ3) is 2.98. The minimum atomic E-state index is -0.0315. The van der Waals surface area contributed by atoms with Gasteiger partial charge in [-0.15, -0.1) is 5.10 Å². The van der Waals surface area contributed by atoms with Crippen molar-refractivity contribution in [3.8, 4) is 0 Å². The fraction of sp³-hybridized carbons (Fsp3) is 0.235. The summed E-state index contributed by atoms with van der Waals surface area (Å²) < 4.78 is 0. The second-order valence-electron chi connectivity index (χ2n) is 5.53. The Morgan fingerprint density at radius 3 is 2.59 bits per heavy atom. The molecule has 1 heterocycles. The Labute approximate surface area is 129 Å². The lowest BCUT2D eigenvalue weighted by Crippen LogP contribution is -2.24. The molecule has 5 nitrogen and oxygen atoms in total. The van der Waals surface area contributed by atoms with E-state index in [-0.39, 0.29) is 5.96 Å². The van der Waals surface area contributed by atoms with Crippen molar-refractivity contribution in [1.82, 2.24) is 4.98 Å². The van der Waals surface area contributed by atoms with E-state index in [0.29, 0.717) is 5.92 Å². The smallest absolute Gasteiger partial charge is 0.211 e. The Morgan fingerprint density at radius 2 is 1.86 bits per heavy atom. The van der Waals surface area contributed by atoms with Crippen LogP contribution in [-0.2, 0) is 6.42 Å². The summed E-state index contributed by atoms with van der Waals surface area (Å²) in [4.78, 5) is 4.67. The number of hydrogen-bond donors (Lipinski definition) is 2. The SMILES string of the molecule is Cc1ccc2c(n1)CC(c1ccccc1)C/C2=N\N=C(N)N. The van der Waals surface area contributed by atoms with E-state index in [1.807, 2.05) is 19.1 Å². The quantitative estimate of drug-likeness (QED) is 0.505. The molecule has 0 radical (unpaired) electrons. The highest BCUT2D eigenvalue weighted by Crippen LogP contribution is 2.32. The van der Waals surface area contributed by atoms with Crippen molar-refractivity contribution in [1.29, 1.82) is 0 Å².